The maximum absolute atomic E-state index is 13.0. The summed E-state index contributed by atoms with van der Waals surface area (Å²) < 4.78 is 5.82. The van der Waals surface area contributed by atoms with Crippen molar-refractivity contribution in [2.75, 3.05) is 29.9 Å². The summed E-state index contributed by atoms with van der Waals surface area (Å²) in [7, 11) is 0. The molecule has 0 saturated carbocycles. The number of carbonyl (C=O) groups excluding carboxylic acids is 3. The number of hydrogen-bond acceptors (Lipinski definition) is 5. The number of anilines is 2. The summed E-state index contributed by atoms with van der Waals surface area (Å²) in [6.07, 6.45) is 2.18. The summed E-state index contributed by atoms with van der Waals surface area (Å²) in [5.74, 6) is -0.394. The molecule has 7 nitrogen and oxygen atoms in total. The zero-order valence-corrected chi connectivity index (χ0v) is 21.5. The fourth-order valence-electron chi connectivity index (χ4n) is 5.31. The average molecular weight is 538 g/mol. The van der Waals surface area contributed by atoms with Gasteiger partial charge in [0.25, 0.3) is 0 Å². The van der Waals surface area contributed by atoms with Gasteiger partial charge in [0.2, 0.25) is 5.91 Å². The largest absolute Gasteiger partial charge is 0.425 e. The minimum Gasteiger partial charge on any atom is -0.425 e. The molecule has 1 aliphatic carbocycles. The van der Waals surface area contributed by atoms with Crippen LogP contribution in [0.4, 0.5) is 16.2 Å². The normalized spacial score (nSPS) is 18.3. The van der Waals surface area contributed by atoms with E-state index in [1.807, 2.05) is 24.3 Å². The van der Waals surface area contributed by atoms with Crippen molar-refractivity contribution in [3.05, 3.63) is 82.4 Å². The van der Waals surface area contributed by atoms with E-state index in [-0.39, 0.29) is 30.6 Å². The Bertz CT molecular complexity index is 1400. The van der Waals surface area contributed by atoms with Crippen molar-refractivity contribution in [1.82, 2.24) is 4.90 Å². The summed E-state index contributed by atoms with van der Waals surface area (Å²) in [5.41, 5.74) is 4.86. The number of ether oxygens (including phenoxy) is 1. The zero-order valence-electron chi connectivity index (χ0n) is 19.9. The highest BCUT2D eigenvalue weighted by Gasteiger charge is 2.37. The summed E-state index contributed by atoms with van der Waals surface area (Å²) >= 11 is 6.29. The number of nitrogens with zero attached hydrogens (tertiary/aromatic N) is 2. The van der Waals surface area contributed by atoms with Crippen LogP contribution in [-0.2, 0) is 9.53 Å². The Morgan fingerprint density at radius 1 is 0.919 bits per heavy atom. The molecule has 1 N–H and O–H groups in total. The minimum atomic E-state index is -0.566. The molecule has 0 bridgehead atoms. The predicted molar refractivity (Wildman–Crippen MR) is 145 cm³/mol. The summed E-state index contributed by atoms with van der Waals surface area (Å²) in [5, 5.41) is 3.41. The van der Waals surface area contributed by atoms with Gasteiger partial charge in [0.05, 0.1) is 5.69 Å². The van der Waals surface area contributed by atoms with Crippen LogP contribution in [0, 0.1) is 0 Å². The van der Waals surface area contributed by atoms with E-state index in [4.69, 9.17) is 16.3 Å². The molecular formula is C28H25Cl2N3O4. The van der Waals surface area contributed by atoms with E-state index < -0.39 is 12.3 Å². The van der Waals surface area contributed by atoms with Gasteiger partial charge in [-0.3, -0.25) is 19.4 Å². The fraction of sp³-hybridized carbons (Fsp3) is 0.250. The van der Waals surface area contributed by atoms with Gasteiger partial charge in [0.15, 0.2) is 12.0 Å². The number of cyclic esters (lactones) is 1. The second-order valence-corrected chi connectivity index (χ2v) is 9.74. The van der Waals surface area contributed by atoms with E-state index >= 15 is 0 Å². The molecule has 37 heavy (non-hydrogen) atoms. The van der Waals surface area contributed by atoms with Crippen LogP contribution < -0.4 is 10.2 Å². The van der Waals surface area contributed by atoms with Crippen molar-refractivity contribution in [3.8, 4) is 11.1 Å². The van der Waals surface area contributed by atoms with Crippen molar-refractivity contribution in [2.45, 2.75) is 25.5 Å². The van der Waals surface area contributed by atoms with Crippen LogP contribution in [0.25, 0.3) is 11.1 Å². The molecule has 3 aromatic carbocycles. The van der Waals surface area contributed by atoms with Crippen molar-refractivity contribution in [1.29, 1.82) is 0 Å². The Kier molecular flexibility index (Phi) is 6.94. The molecule has 190 valence electrons. The van der Waals surface area contributed by atoms with Crippen LogP contribution in [0.2, 0.25) is 5.02 Å². The van der Waals surface area contributed by atoms with Crippen molar-refractivity contribution >= 4 is 53.2 Å². The lowest BCUT2D eigenvalue weighted by atomic mass is 10.0. The molecular weight excluding hydrogens is 513 g/mol. The lowest BCUT2D eigenvalue weighted by Crippen LogP contribution is -2.47. The molecule has 1 unspecified atom stereocenters. The lowest BCUT2D eigenvalue weighted by molar-refractivity contribution is -0.115. The molecule has 2 heterocycles. The van der Waals surface area contributed by atoms with E-state index in [9.17, 15) is 14.4 Å². The Morgan fingerprint density at radius 3 is 2.43 bits per heavy atom. The minimum absolute atomic E-state index is 0. The van der Waals surface area contributed by atoms with Gasteiger partial charge in [-0.25, -0.2) is 4.79 Å². The Balaban J connectivity index is 0.00000280. The van der Waals surface area contributed by atoms with Gasteiger partial charge in [-0.1, -0.05) is 42.3 Å². The zero-order chi connectivity index (χ0) is 24.8. The number of rotatable bonds is 4. The van der Waals surface area contributed by atoms with Crippen molar-refractivity contribution in [3.63, 3.8) is 0 Å². The van der Waals surface area contributed by atoms with Crippen LogP contribution in [0.5, 0.6) is 0 Å². The third kappa shape index (κ3) is 4.59. The Morgan fingerprint density at radius 2 is 1.65 bits per heavy atom. The topological polar surface area (TPSA) is 79.0 Å². The van der Waals surface area contributed by atoms with E-state index in [1.165, 1.54) is 4.90 Å². The highest BCUT2D eigenvalue weighted by atomic mass is 35.5. The highest BCUT2D eigenvalue weighted by Crippen LogP contribution is 2.40. The molecule has 0 radical (unpaired) electrons. The molecule has 3 aromatic rings. The molecule has 6 rings (SSSR count). The smallest absolute Gasteiger partial charge is 0.416 e. The molecule has 9 heteroatoms. The highest BCUT2D eigenvalue weighted by molar-refractivity contribution is 6.30. The molecule has 2 amide bonds. The molecule has 2 aliphatic heterocycles. The number of likely N-dealkylation sites (tertiary alicyclic amines) is 1. The van der Waals surface area contributed by atoms with Crippen LogP contribution in [0.1, 0.15) is 47.0 Å². The van der Waals surface area contributed by atoms with Crippen LogP contribution in [-0.4, -0.2) is 42.3 Å². The monoisotopic (exact) mass is 537 g/mol. The molecule has 1 saturated heterocycles. The number of hydrogen-bond donors (Lipinski definition) is 1. The quantitative estimate of drug-likeness (QED) is 0.342. The van der Waals surface area contributed by atoms with Gasteiger partial charge in [-0.05, 0) is 60.4 Å². The Hall–Kier alpha value is -3.39. The maximum atomic E-state index is 13.0. The number of piperidine rings is 1. The second-order valence-electron chi connectivity index (χ2n) is 9.31. The third-order valence-electron chi connectivity index (χ3n) is 7.01. The first kappa shape index (κ1) is 25.3. The standard InChI is InChI=1S/C28H24ClN3O4.ClH/c29-17-8-11-24-23(14-17)27(31-12-4-1-5-13-31)36-28(35)32(24)16-25(33)30-18-9-10-21-22(15-18)19-6-2-3-7-20(19)26(21)34;/h2-3,6-11,14-15,27H,1,4-5,12-13,16H2,(H,30,33);1H. The molecule has 1 atom stereocenters. The molecule has 0 aromatic heterocycles. The first-order valence-corrected chi connectivity index (χ1v) is 12.5. The van der Waals surface area contributed by atoms with E-state index in [2.05, 4.69) is 10.2 Å². The third-order valence-corrected chi connectivity index (χ3v) is 7.25. The van der Waals surface area contributed by atoms with Gasteiger partial charge in [0.1, 0.15) is 6.54 Å². The van der Waals surface area contributed by atoms with Gasteiger partial charge in [-0.2, -0.15) is 0 Å². The van der Waals surface area contributed by atoms with E-state index in [0.717, 1.165) is 49.0 Å². The van der Waals surface area contributed by atoms with Crippen molar-refractivity contribution < 1.29 is 19.1 Å². The summed E-state index contributed by atoms with van der Waals surface area (Å²) in [6, 6.07) is 17.9. The van der Waals surface area contributed by atoms with E-state index in [0.29, 0.717) is 27.5 Å². The maximum Gasteiger partial charge on any atom is 0.416 e. The molecule has 3 aliphatic rings. The predicted octanol–water partition coefficient (Wildman–Crippen LogP) is 6.05. The van der Waals surface area contributed by atoms with Crippen LogP contribution in [0.15, 0.2) is 60.7 Å². The average Bonchev–Trinajstić information content (AvgIpc) is 3.17. The van der Waals surface area contributed by atoms with Gasteiger partial charge in [-0.15, -0.1) is 12.4 Å². The number of ketones is 1. The fourth-order valence-corrected chi connectivity index (χ4v) is 5.49. The SMILES string of the molecule is Cl.O=C(CN1C(=O)OC(N2CCCCC2)c2cc(Cl)ccc21)Nc1ccc2c(c1)-c1ccccc1C2=O. The lowest BCUT2D eigenvalue weighted by Gasteiger charge is -2.40. The molecule has 1 fully saturated rings. The number of fused-ring (bicyclic) bond motifs is 4. The first-order valence-electron chi connectivity index (χ1n) is 12.1. The van der Waals surface area contributed by atoms with Gasteiger partial charge < -0.3 is 10.1 Å². The van der Waals surface area contributed by atoms with Crippen LogP contribution in [0.3, 0.4) is 0 Å². The van der Waals surface area contributed by atoms with Crippen molar-refractivity contribution in [2.24, 2.45) is 0 Å². The number of carbonyl (C=O) groups is 3. The molecule has 0 spiro atoms. The summed E-state index contributed by atoms with van der Waals surface area (Å²) in [6.45, 7) is 1.47. The second kappa shape index (κ2) is 10.2. The number of benzene rings is 3. The van der Waals surface area contributed by atoms with Crippen LogP contribution >= 0.6 is 24.0 Å². The van der Waals surface area contributed by atoms with E-state index in [1.54, 1.807) is 36.4 Å². The number of amides is 2. The number of nitrogens with one attached hydrogen (secondary N) is 1. The summed E-state index contributed by atoms with van der Waals surface area (Å²) in [4.78, 5) is 42.2. The van der Waals surface area contributed by atoms with Gasteiger partial charge >= 0.3 is 6.09 Å². The number of halogens is 2. The first-order chi connectivity index (χ1) is 17.5. The van der Waals surface area contributed by atoms with Gasteiger partial charge in [0, 0.05) is 40.5 Å². The Labute approximate surface area is 225 Å².